The van der Waals surface area contributed by atoms with Gasteiger partial charge in [0.2, 0.25) is 5.95 Å². The minimum atomic E-state index is -0.682. The van der Waals surface area contributed by atoms with Gasteiger partial charge in [-0.25, -0.2) is 13.8 Å². The van der Waals surface area contributed by atoms with E-state index in [1.807, 2.05) is 18.2 Å². The van der Waals surface area contributed by atoms with Gasteiger partial charge in [0.05, 0.1) is 17.1 Å². The molecule has 2 heterocycles. The molecule has 27 heavy (non-hydrogen) atoms. The van der Waals surface area contributed by atoms with Crippen LogP contribution in [0.3, 0.4) is 0 Å². The topological polar surface area (TPSA) is 62.7 Å². The number of nitrogens with one attached hydrogen (secondary N) is 2. The average Bonchev–Trinajstić information content (AvgIpc) is 3.18. The van der Waals surface area contributed by atoms with E-state index in [2.05, 4.69) is 25.6 Å². The van der Waals surface area contributed by atoms with Gasteiger partial charge in [-0.1, -0.05) is 18.9 Å². The highest BCUT2D eigenvalue weighted by Crippen LogP contribution is 2.26. The zero-order valence-corrected chi connectivity index (χ0v) is 14.6. The summed E-state index contributed by atoms with van der Waals surface area (Å²) < 4.78 is 27.2. The molecule has 0 bridgehead atoms. The lowest BCUT2D eigenvalue weighted by Crippen LogP contribution is -2.17. The van der Waals surface area contributed by atoms with Crippen molar-refractivity contribution >= 4 is 17.5 Å². The summed E-state index contributed by atoms with van der Waals surface area (Å²) in [6, 6.07) is 11.0. The molecule has 1 aromatic carbocycles. The molecule has 1 aliphatic rings. The summed E-state index contributed by atoms with van der Waals surface area (Å²) in [4.78, 5) is 13.4. The molecular formula is C20H19F2N5. The van der Waals surface area contributed by atoms with Crippen LogP contribution < -0.4 is 10.6 Å². The first-order valence-electron chi connectivity index (χ1n) is 8.96. The Labute approximate surface area is 155 Å². The number of anilines is 3. The first-order valence-corrected chi connectivity index (χ1v) is 8.96. The number of hydrogen-bond acceptors (Lipinski definition) is 5. The van der Waals surface area contributed by atoms with E-state index in [1.165, 1.54) is 25.0 Å². The maximum Gasteiger partial charge on any atom is 0.225 e. The molecule has 138 valence electrons. The number of benzene rings is 1. The molecule has 1 fully saturated rings. The molecule has 0 radical (unpaired) electrons. The maximum absolute atomic E-state index is 14.0. The Hall–Kier alpha value is -3.09. The molecule has 3 aromatic rings. The maximum atomic E-state index is 14.0. The minimum Gasteiger partial charge on any atom is -0.351 e. The minimum absolute atomic E-state index is 0.147. The van der Waals surface area contributed by atoms with Crippen LogP contribution in [0.1, 0.15) is 25.7 Å². The highest BCUT2D eigenvalue weighted by molar-refractivity contribution is 5.65. The highest BCUT2D eigenvalue weighted by atomic mass is 19.1. The van der Waals surface area contributed by atoms with Crippen LogP contribution in [0.15, 0.2) is 48.7 Å². The number of hydrogen-bond donors (Lipinski definition) is 2. The van der Waals surface area contributed by atoms with Crippen molar-refractivity contribution < 1.29 is 8.78 Å². The van der Waals surface area contributed by atoms with Gasteiger partial charge >= 0.3 is 0 Å². The Morgan fingerprint density at radius 1 is 0.926 bits per heavy atom. The largest absolute Gasteiger partial charge is 0.351 e. The second kappa shape index (κ2) is 7.65. The molecule has 0 amide bonds. The van der Waals surface area contributed by atoms with Crippen LogP contribution in [-0.4, -0.2) is 21.0 Å². The summed E-state index contributed by atoms with van der Waals surface area (Å²) >= 11 is 0. The van der Waals surface area contributed by atoms with Crippen molar-refractivity contribution in [2.24, 2.45) is 0 Å². The molecule has 5 nitrogen and oxygen atoms in total. The van der Waals surface area contributed by atoms with Crippen molar-refractivity contribution in [1.29, 1.82) is 0 Å². The molecule has 7 heteroatoms. The van der Waals surface area contributed by atoms with Crippen molar-refractivity contribution in [3.63, 3.8) is 0 Å². The van der Waals surface area contributed by atoms with E-state index in [-0.39, 0.29) is 5.69 Å². The van der Waals surface area contributed by atoms with Gasteiger partial charge in [0.25, 0.3) is 0 Å². The van der Waals surface area contributed by atoms with Gasteiger partial charge in [-0.05, 0) is 37.1 Å². The van der Waals surface area contributed by atoms with Gasteiger partial charge in [-0.15, -0.1) is 0 Å². The van der Waals surface area contributed by atoms with Crippen LogP contribution in [0.25, 0.3) is 11.4 Å². The van der Waals surface area contributed by atoms with Crippen LogP contribution in [-0.2, 0) is 0 Å². The van der Waals surface area contributed by atoms with Gasteiger partial charge in [0.15, 0.2) is 0 Å². The zero-order valence-electron chi connectivity index (χ0n) is 14.6. The molecule has 2 aromatic heterocycles. The summed E-state index contributed by atoms with van der Waals surface area (Å²) in [5.74, 6) is -0.427. The number of nitrogens with zero attached hydrogens (tertiary/aromatic N) is 3. The molecule has 0 spiro atoms. The Morgan fingerprint density at radius 2 is 1.78 bits per heavy atom. The molecule has 0 saturated heterocycles. The molecule has 1 saturated carbocycles. The van der Waals surface area contributed by atoms with Crippen molar-refractivity contribution in [2.75, 3.05) is 10.6 Å². The number of halogens is 2. The lowest BCUT2D eigenvalue weighted by Gasteiger charge is -2.15. The van der Waals surface area contributed by atoms with Crippen molar-refractivity contribution in [3.05, 3.63) is 60.3 Å². The molecular weight excluding hydrogens is 348 g/mol. The van der Waals surface area contributed by atoms with Crippen molar-refractivity contribution in [3.8, 4) is 11.4 Å². The highest BCUT2D eigenvalue weighted by Gasteiger charge is 2.17. The summed E-state index contributed by atoms with van der Waals surface area (Å²) in [6.07, 6.45) is 6.21. The van der Waals surface area contributed by atoms with E-state index in [4.69, 9.17) is 0 Å². The Kier molecular flexibility index (Phi) is 4.91. The Bertz CT molecular complexity index is 927. The van der Waals surface area contributed by atoms with Gasteiger partial charge in [0.1, 0.15) is 17.5 Å². The van der Waals surface area contributed by atoms with E-state index >= 15 is 0 Å². The van der Waals surface area contributed by atoms with Gasteiger partial charge in [-0.3, -0.25) is 4.98 Å². The third-order valence-corrected chi connectivity index (χ3v) is 4.54. The summed E-state index contributed by atoms with van der Waals surface area (Å²) in [5, 5.41) is 6.27. The molecule has 0 unspecified atom stereocenters. The predicted octanol–water partition coefficient (Wildman–Crippen LogP) is 4.91. The molecule has 0 aliphatic heterocycles. The quantitative estimate of drug-likeness (QED) is 0.670. The molecule has 0 atom stereocenters. The second-order valence-electron chi connectivity index (χ2n) is 6.55. The van der Waals surface area contributed by atoms with E-state index in [0.29, 0.717) is 29.2 Å². The number of rotatable bonds is 5. The van der Waals surface area contributed by atoms with Gasteiger partial charge in [0, 0.05) is 24.4 Å². The fourth-order valence-electron chi connectivity index (χ4n) is 3.20. The van der Waals surface area contributed by atoms with Gasteiger partial charge in [-0.2, -0.15) is 4.98 Å². The van der Waals surface area contributed by atoms with Crippen LogP contribution in [0, 0.1) is 11.6 Å². The molecule has 2 N–H and O–H groups in total. The van der Waals surface area contributed by atoms with Crippen molar-refractivity contribution in [1.82, 2.24) is 15.0 Å². The smallest absolute Gasteiger partial charge is 0.225 e. The van der Waals surface area contributed by atoms with Gasteiger partial charge < -0.3 is 10.6 Å². The number of pyridine rings is 1. The van der Waals surface area contributed by atoms with Crippen LogP contribution in [0.2, 0.25) is 0 Å². The Balaban J connectivity index is 1.68. The van der Waals surface area contributed by atoms with Crippen molar-refractivity contribution in [2.45, 2.75) is 31.7 Å². The second-order valence-corrected chi connectivity index (χ2v) is 6.55. The average molecular weight is 367 g/mol. The van der Waals surface area contributed by atoms with E-state index in [1.54, 1.807) is 12.3 Å². The summed E-state index contributed by atoms with van der Waals surface area (Å²) in [5.41, 5.74) is 1.46. The SMILES string of the molecule is Fc1ccc(Nc2cc(-c3ccccn3)nc(NC3CCCC3)n2)c(F)c1. The molecule has 4 rings (SSSR count). The van der Waals surface area contributed by atoms with E-state index in [9.17, 15) is 8.78 Å². The monoisotopic (exact) mass is 367 g/mol. The van der Waals surface area contributed by atoms with Crippen LogP contribution in [0.5, 0.6) is 0 Å². The lowest BCUT2D eigenvalue weighted by molar-refractivity contribution is 0.586. The summed E-state index contributed by atoms with van der Waals surface area (Å²) in [6.45, 7) is 0. The Morgan fingerprint density at radius 3 is 2.52 bits per heavy atom. The normalized spacial score (nSPS) is 14.3. The summed E-state index contributed by atoms with van der Waals surface area (Å²) in [7, 11) is 0. The van der Waals surface area contributed by atoms with E-state index in [0.717, 1.165) is 18.9 Å². The number of aromatic nitrogens is 3. The lowest BCUT2D eigenvalue weighted by atomic mass is 10.2. The first kappa shape index (κ1) is 17.3. The third-order valence-electron chi connectivity index (χ3n) is 4.54. The fraction of sp³-hybridized carbons (Fsp3) is 0.250. The molecule has 1 aliphatic carbocycles. The standard InChI is InChI=1S/C20H19F2N5/c21-13-8-9-16(15(22)11-13)25-19-12-18(17-7-3-4-10-23-17)26-20(27-19)24-14-5-1-2-6-14/h3-4,7-12,14H,1-2,5-6H2,(H2,24,25,26,27). The third kappa shape index (κ3) is 4.19. The first-order chi connectivity index (χ1) is 13.2. The van der Waals surface area contributed by atoms with Crippen LogP contribution >= 0.6 is 0 Å². The predicted molar refractivity (Wildman–Crippen MR) is 101 cm³/mol. The van der Waals surface area contributed by atoms with Crippen LogP contribution in [0.4, 0.5) is 26.2 Å². The zero-order chi connectivity index (χ0) is 18.6. The fourth-order valence-corrected chi connectivity index (χ4v) is 3.20. The van der Waals surface area contributed by atoms with E-state index < -0.39 is 11.6 Å².